The van der Waals surface area contributed by atoms with Crippen LogP contribution in [0.3, 0.4) is 0 Å². The first-order valence-electron chi connectivity index (χ1n) is 18.8. The minimum Gasteiger partial charge on any atom is -0.341 e. The van der Waals surface area contributed by atoms with E-state index >= 15 is 0 Å². The molecule has 4 aromatic rings. The summed E-state index contributed by atoms with van der Waals surface area (Å²) in [5.74, 6) is 0.0526. The molecule has 1 aliphatic carbocycles. The molecule has 0 radical (unpaired) electrons. The van der Waals surface area contributed by atoms with Crippen LogP contribution in [0.15, 0.2) is 120 Å². The van der Waals surface area contributed by atoms with Gasteiger partial charge in [-0.25, -0.2) is 0 Å². The van der Waals surface area contributed by atoms with Gasteiger partial charge in [0.05, 0.1) is 5.41 Å². The number of rotatable bonds is 6. The number of likely N-dealkylation sites (N-methyl/N-ethyl adjacent to an activating group) is 1. The molecule has 0 saturated heterocycles. The topological polar surface area (TPSA) is 26.6 Å². The van der Waals surface area contributed by atoms with Gasteiger partial charge in [0.1, 0.15) is 0 Å². The van der Waals surface area contributed by atoms with Gasteiger partial charge in [0.2, 0.25) is 11.6 Å². The van der Waals surface area contributed by atoms with Gasteiger partial charge in [-0.1, -0.05) is 80.6 Å². The largest absolute Gasteiger partial charge is 0.341 e. The fourth-order valence-electron chi connectivity index (χ4n) is 9.23. The lowest BCUT2D eigenvalue weighted by Gasteiger charge is -2.31. The van der Waals surface area contributed by atoms with Crippen molar-refractivity contribution in [2.45, 2.75) is 104 Å². The fourth-order valence-corrected chi connectivity index (χ4v) is 9.23. The molecule has 0 atom stereocenters. The van der Waals surface area contributed by atoms with Crippen molar-refractivity contribution in [2.24, 2.45) is 0 Å². The Kier molecular flexibility index (Phi) is 8.73. The van der Waals surface area contributed by atoms with E-state index in [1.807, 2.05) is 11.9 Å². The second kappa shape index (κ2) is 12.8. The van der Waals surface area contributed by atoms with Crippen LogP contribution < -0.4 is 4.90 Å². The van der Waals surface area contributed by atoms with E-state index in [4.69, 9.17) is 0 Å². The van der Waals surface area contributed by atoms with Crippen LogP contribution in [0.4, 0.5) is 11.4 Å². The first kappa shape index (κ1) is 34.7. The molecule has 0 unspecified atom stereocenters. The van der Waals surface area contributed by atoms with Crippen LogP contribution in [-0.4, -0.2) is 40.2 Å². The summed E-state index contributed by atoms with van der Waals surface area (Å²) in [6, 6.07) is 27.2. The van der Waals surface area contributed by atoms with E-state index in [0.717, 1.165) is 25.0 Å². The number of amides is 1. The lowest BCUT2D eigenvalue weighted by molar-refractivity contribution is -0.472. The van der Waals surface area contributed by atoms with Gasteiger partial charge in [-0.05, 0) is 117 Å². The molecule has 0 bridgehead atoms. The third-order valence-electron chi connectivity index (χ3n) is 11.6. The quantitative estimate of drug-likeness (QED) is 0.190. The van der Waals surface area contributed by atoms with Gasteiger partial charge < -0.3 is 9.80 Å². The molecule has 0 fully saturated rings. The van der Waals surface area contributed by atoms with Crippen LogP contribution in [0.1, 0.15) is 92.7 Å². The highest BCUT2D eigenvalue weighted by Gasteiger charge is 2.46. The minimum absolute atomic E-state index is 0.0526. The van der Waals surface area contributed by atoms with Gasteiger partial charge in [-0.2, -0.15) is 4.58 Å². The Balaban J connectivity index is 1.35. The maximum absolute atomic E-state index is 13.1. The van der Waals surface area contributed by atoms with Gasteiger partial charge in [-0.3, -0.25) is 4.79 Å². The van der Waals surface area contributed by atoms with Gasteiger partial charge in [-0.15, -0.1) is 0 Å². The molecule has 262 valence electrons. The number of hydrogen-bond donors (Lipinski definition) is 0. The summed E-state index contributed by atoms with van der Waals surface area (Å²) in [5, 5.41) is 5.20. The molecule has 0 N–H and O–H groups in total. The highest BCUT2D eigenvalue weighted by molar-refractivity contribution is 6.08. The van der Waals surface area contributed by atoms with Crippen molar-refractivity contribution in [3.63, 3.8) is 0 Å². The molecule has 0 aromatic heterocycles. The molecule has 7 rings (SSSR count). The number of allylic oxidation sites excluding steroid dienone is 7. The Labute approximate surface area is 305 Å². The van der Waals surface area contributed by atoms with Gasteiger partial charge in [0, 0.05) is 60.2 Å². The van der Waals surface area contributed by atoms with Gasteiger partial charge in [0.15, 0.2) is 11.8 Å². The van der Waals surface area contributed by atoms with E-state index in [-0.39, 0.29) is 16.7 Å². The molecular formula is C47H54N3O+. The number of fused-ring (bicyclic) bond motifs is 6. The number of hydrogen-bond acceptors (Lipinski definition) is 2. The summed E-state index contributed by atoms with van der Waals surface area (Å²) in [6.07, 6.45) is 12.2. The summed E-state index contributed by atoms with van der Waals surface area (Å²) in [5.41, 5.74) is 11.1. The normalized spacial score (nSPS) is 19.9. The van der Waals surface area contributed by atoms with Crippen LogP contribution in [0.5, 0.6) is 0 Å². The smallest absolute Gasteiger partial charge is 0.223 e. The zero-order valence-electron chi connectivity index (χ0n) is 32.3. The van der Waals surface area contributed by atoms with Crippen LogP contribution in [-0.2, 0) is 15.6 Å². The monoisotopic (exact) mass is 676 g/mol. The van der Waals surface area contributed by atoms with Crippen molar-refractivity contribution in [2.75, 3.05) is 11.9 Å². The lowest BCUT2D eigenvalue weighted by atomic mass is 9.78. The number of carbonyl (C=O) groups excluding carboxylic acids is 1. The average Bonchev–Trinajstić information content (AvgIpc) is 3.48. The summed E-state index contributed by atoms with van der Waals surface area (Å²) in [7, 11) is 1.94. The Morgan fingerprint density at radius 2 is 1.41 bits per heavy atom. The summed E-state index contributed by atoms with van der Waals surface area (Å²) in [4.78, 5) is 17.5. The van der Waals surface area contributed by atoms with E-state index in [0.29, 0.717) is 12.1 Å². The second-order valence-corrected chi connectivity index (χ2v) is 16.3. The van der Waals surface area contributed by atoms with E-state index in [2.05, 4.69) is 162 Å². The van der Waals surface area contributed by atoms with Crippen molar-refractivity contribution in [1.29, 1.82) is 0 Å². The minimum atomic E-state index is -0.185. The molecule has 3 aliphatic rings. The second-order valence-electron chi connectivity index (χ2n) is 16.3. The summed E-state index contributed by atoms with van der Waals surface area (Å²) < 4.78 is 2.52. The van der Waals surface area contributed by atoms with E-state index in [9.17, 15) is 4.79 Å². The number of nitrogens with zero attached hydrogens (tertiary/aromatic N) is 3. The number of carbonyl (C=O) groups is 1. The van der Waals surface area contributed by atoms with Crippen molar-refractivity contribution in [3.05, 3.63) is 131 Å². The van der Waals surface area contributed by atoms with Crippen molar-refractivity contribution in [3.8, 4) is 0 Å². The molecule has 4 heteroatoms. The fraction of sp³-hybridized carbons (Fsp3) is 0.362. The number of benzene rings is 4. The standard InChI is InChI=1S/C47H54N3O/c1-30(2)49-39-26-22-33-16-11-13-20-37(33)43(39)46(6,7)41(49)28-24-35-18-15-19-36(45(35)48(10)32(5)51)25-29-42-47(8,9)44-38-21-14-12-17-34(38)23-27-40(44)50(42)31(3)4/h11-14,16-17,20-31H,15,18-19H2,1-10H3/q+1. The predicted molar refractivity (Wildman–Crippen MR) is 216 cm³/mol. The Bertz CT molecular complexity index is 2240. The molecule has 2 heterocycles. The molecule has 51 heavy (non-hydrogen) atoms. The molecule has 0 spiro atoms. The van der Waals surface area contributed by atoms with Crippen LogP contribution >= 0.6 is 0 Å². The third-order valence-corrected chi connectivity index (χ3v) is 11.6. The van der Waals surface area contributed by atoms with E-state index in [1.165, 1.54) is 66.6 Å². The first-order chi connectivity index (χ1) is 24.2. The van der Waals surface area contributed by atoms with E-state index in [1.54, 1.807) is 6.92 Å². The van der Waals surface area contributed by atoms with Gasteiger partial charge in [0.25, 0.3) is 0 Å². The number of anilines is 1. The van der Waals surface area contributed by atoms with E-state index < -0.39 is 0 Å². The zero-order chi connectivity index (χ0) is 36.4. The van der Waals surface area contributed by atoms with Crippen LogP contribution in [0, 0.1) is 0 Å². The predicted octanol–water partition coefficient (Wildman–Crippen LogP) is 11.3. The maximum Gasteiger partial charge on any atom is 0.223 e. The van der Waals surface area contributed by atoms with Crippen LogP contribution in [0.25, 0.3) is 21.5 Å². The average molecular weight is 677 g/mol. The highest BCUT2D eigenvalue weighted by atomic mass is 16.2. The Morgan fingerprint density at radius 1 is 0.784 bits per heavy atom. The highest BCUT2D eigenvalue weighted by Crippen LogP contribution is 2.52. The third kappa shape index (κ3) is 5.59. The summed E-state index contributed by atoms with van der Waals surface area (Å²) >= 11 is 0. The van der Waals surface area contributed by atoms with Crippen molar-refractivity contribution in [1.82, 2.24) is 4.90 Å². The Hall–Kier alpha value is -4.70. The lowest BCUT2D eigenvalue weighted by Crippen LogP contribution is -2.31. The molecule has 1 amide bonds. The molecule has 4 aromatic carbocycles. The van der Waals surface area contributed by atoms with Crippen LogP contribution in [0.2, 0.25) is 0 Å². The summed E-state index contributed by atoms with van der Waals surface area (Å²) in [6.45, 7) is 20.3. The maximum atomic E-state index is 13.1. The SMILES string of the molecule is CC(=O)N(C)C1=C(/C=C/C2=[N+](C(C)C)c3ccc4ccccc4c3C2(C)C)CCC/C1=C\C=C1\N(C(C)C)c2ccc3ccccc3c2C1(C)C. The molecule has 0 saturated carbocycles. The van der Waals surface area contributed by atoms with Gasteiger partial charge >= 0.3 is 0 Å². The first-order valence-corrected chi connectivity index (χ1v) is 18.8. The van der Waals surface area contributed by atoms with Crippen molar-refractivity contribution < 1.29 is 9.37 Å². The molecule has 2 aliphatic heterocycles. The zero-order valence-corrected chi connectivity index (χ0v) is 32.3. The Morgan fingerprint density at radius 3 is 2.04 bits per heavy atom. The molecular weight excluding hydrogens is 623 g/mol. The molecule has 4 nitrogen and oxygen atoms in total. The van der Waals surface area contributed by atoms with Crippen molar-refractivity contribution >= 4 is 44.5 Å².